The molecule has 0 N–H and O–H groups in total. The quantitative estimate of drug-likeness (QED) is 0.148. The molecule has 0 atom stereocenters. The zero-order chi connectivity index (χ0) is 60.8. The Balaban J connectivity index is 1.05. The lowest BCUT2D eigenvalue weighted by molar-refractivity contribution is 0.590. The van der Waals surface area contributed by atoms with Crippen LogP contribution in [0.4, 0.5) is 51.2 Å². The van der Waals surface area contributed by atoms with E-state index in [1.54, 1.807) is 0 Å². The number of anilines is 9. The first kappa shape index (κ1) is 55.1. The van der Waals surface area contributed by atoms with Gasteiger partial charge in [0, 0.05) is 55.7 Å². The van der Waals surface area contributed by atoms with Crippen LogP contribution < -0.4 is 31.1 Å². The van der Waals surface area contributed by atoms with Crippen LogP contribution in [0.2, 0.25) is 0 Å². The third kappa shape index (κ3) is 8.80. The van der Waals surface area contributed by atoms with Gasteiger partial charge in [-0.15, -0.1) is 0 Å². The van der Waals surface area contributed by atoms with Crippen molar-refractivity contribution in [3.63, 3.8) is 0 Å². The van der Waals surface area contributed by atoms with Crippen molar-refractivity contribution in [3.05, 3.63) is 265 Å². The van der Waals surface area contributed by atoms with E-state index in [0.29, 0.717) is 0 Å². The van der Waals surface area contributed by atoms with Gasteiger partial charge in [0.1, 0.15) is 0 Å². The fraction of sp³-hybridized carbons (Fsp3) is 0.195. The molecule has 88 heavy (non-hydrogen) atoms. The molecule has 13 aromatic rings. The monoisotopic (exact) mass is 1140 g/mol. The van der Waals surface area contributed by atoms with Crippen molar-refractivity contribution < 1.29 is 0 Å². The second-order valence-corrected chi connectivity index (χ2v) is 28.7. The molecular formula is C82H76BN5. The number of benzene rings is 11. The van der Waals surface area contributed by atoms with Crippen LogP contribution in [-0.2, 0) is 21.7 Å². The zero-order valence-corrected chi connectivity index (χ0v) is 52.9. The first-order valence-electron chi connectivity index (χ1n) is 31.5. The van der Waals surface area contributed by atoms with Crippen LogP contribution in [0.1, 0.15) is 105 Å². The average molecular weight is 1140 g/mol. The second kappa shape index (κ2) is 20.0. The zero-order valence-electron chi connectivity index (χ0n) is 52.9. The summed E-state index contributed by atoms with van der Waals surface area (Å²) in [6.45, 7) is 27.8. The van der Waals surface area contributed by atoms with E-state index in [4.69, 9.17) is 0 Å². The minimum Gasteiger partial charge on any atom is -0.310 e. The summed E-state index contributed by atoms with van der Waals surface area (Å²) in [4.78, 5) is 7.65. The van der Waals surface area contributed by atoms with E-state index in [1.165, 1.54) is 82.3 Å². The van der Waals surface area contributed by atoms with E-state index in [2.05, 4.69) is 350 Å². The van der Waals surface area contributed by atoms with E-state index in [9.17, 15) is 0 Å². The molecule has 2 aliphatic rings. The first-order valence-corrected chi connectivity index (χ1v) is 31.5. The Hall–Kier alpha value is -9.52. The summed E-state index contributed by atoms with van der Waals surface area (Å²) in [5.41, 5.74) is 25.9. The lowest BCUT2D eigenvalue weighted by Gasteiger charge is -2.45. The van der Waals surface area contributed by atoms with Crippen molar-refractivity contribution in [2.75, 3.05) is 14.7 Å². The highest BCUT2D eigenvalue weighted by molar-refractivity contribution is 7.00. The molecule has 2 aromatic heterocycles. The van der Waals surface area contributed by atoms with E-state index in [-0.39, 0.29) is 28.4 Å². The summed E-state index contributed by atoms with van der Waals surface area (Å²) < 4.78 is 5.09. The van der Waals surface area contributed by atoms with Gasteiger partial charge in [-0.2, -0.15) is 0 Å². The number of para-hydroxylation sites is 8. The molecule has 0 amide bonds. The maximum Gasteiger partial charge on any atom is 0.252 e. The second-order valence-electron chi connectivity index (χ2n) is 28.7. The molecule has 0 saturated carbocycles. The predicted molar refractivity (Wildman–Crippen MR) is 379 cm³/mol. The van der Waals surface area contributed by atoms with Crippen molar-refractivity contribution in [2.45, 2.75) is 105 Å². The summed E-state index contributed by atoms with van der Waals surface area (Å²) >= 11 is 0. The van der Waals surface area contributed by atoms with Gasteiger partial charge in [0.25, 0.3) is 6.71 Å². The maximum atomic E-state index is 2.60. The minimum atomic E-state index is -0.0973. The molecule has 0 radical (unpaired) electrons. The van der Waals surface area contributed by atoms with Crippen LogP contribution in [0.25, 0.3) is 55.0 Å². The topological polar surface area (TPSA) is 19.6 Å². The van der Waals surface area contributed by atoms with Crippen molar-refractivity contribution in [1.29, 1.82) is 0 Å². The van der Waals surface area contributed by atoms with Crippen LogP contribution in [-0.4, -0.2) is 15.8 Å². The van der Waals surface area contributed by atoms with Crippen molar-refractivity contribution in [2.24, 2.45) is 0 Å². The summed E-state index contributed by atoms with van der Waals surface area (Å²) in [6, 6.07) is 92.2. The highest BCUT2D eigenvalue weighted by Gasteiger charge is 2.45. The van der Waals surface area contributed by atoms with Gasteiger partial charge in [-0.25, -0.2) is 0 Å². The first-order chi connectivity index (χ1) is 42.2. The Kier molecular flexibility index (Phi) is 12.5. The van der Waals surface area contributed by atoms with E-state index < -0.39 is 0 Å². The number of nitrogens with zero attached hydrogens (tertiary/aromatic N) is 5. The molecule has 0 aliphatic carbocycles. The molecule has 5 nitrogen and oxygen atoms in total. The van der Waals surface area contributed by atoms with Gasteiger partial charge in [0.05, 0.1) is 50.5 Å². The predicted octanol–water partition coefficient (Wildman–Crippen LogP) is 20.6. The summed E-state index contributed by atoms with van der Waals surface area (Å²) in [5.74, 6) is 0. The van der Waals surface area contributed by atoms with Crippen LogP contribution >= 0.6 is 0 Å². The third-order valence-corrected chi connectivity index (χ3v) is 18.9. The highest BCUT2D eigenvalue weighted by Crippen LogP contribution is 2.52. The number of rotatable bonds is 7. The molecule has 0 saturated heterocycles. The van der Waals surface area contributed by atoms with Crippen LogP contribution in [0, 0.1) is 0 Å². The number of hydrogen-bond donors (Lipinski definition) is 0. The Morgan fingerprint density at radius 1 is 0.261 bits per heavy atom. The Morgan fingerprint density at radius 3 is 0.864 bits per heavy atom. The Labute approximate surface area is 519 Å². The maximum absolute atomic E-state index is 2.60. The molecule has 0 bridgehead atoms. The van der Waals surface area contributed by atoms with Gasteiger partial charge in [-0.3, -0.25) is 0 Å². The van der Waals surface area contributed by atoms with E-state index in [1.807, 2.05) is 0 Å². The molecule has 0 fully saturated rings. The molecular weight excluding hydrogens is 1070 g/mol. The molecule has 4 heterocycles. The van der Waals surface area contributed by atoms with Gasteiger partial charge in [-0.05, 0) is 182 Å². The standard InChI is InChI=1S/C82H76BN5/c1-79(2,3)53-39-43-66-60(47-53)61-48-54(80(4,5)6)40-44-67(61)85(66)72-35-23-25-37-74(72)87-70-33-21-19-31-64(70)83-65-32-20-22-34-71(65)88(77-52-59(51-76(87)78(77)83)84(57-27-15-13-16-28-57)58-29-17-14-18-30-58)75-38-26-24-36-73(75)86-68-45-41-55(81(7,8)9)49-62(68)63-50-56(82(10,11)12)42-46-69(63)86/h13-52H,1-12H3. The van der Waals surface area contributed by atoms with Crippen molar-refractivity contribution >= 4 is 118 Å². The third-order valence-electron chi connectivity index (χ3n) is 18.9. The van der Waals surface area contributed by atoms with Crippen LogP contribution in [0.15, 0.2) is 243 Å². The van der Waals surface area contributed by atoms with Crippen molar-refractivity contribution in [1.82, 2.24) is 9.13 Å². The van der Waals surface area contributed by atoms with Gasteiger partial charge in [0.2, 0.25) is 0 Å². The largest absolute Gasteiger partial charge is 0.310 e. The lowest BCUT2D eigenvalue weighted by Crippen LogP contribution is -2.61. The van der Waals surface area contributed by atoms with Gasteiger partial charge >= 0.3 is 0 Å². The molecule has 11 aromatic carbocycles. The molecule has 6 heteroatoms. The smallest absolute Gasteiger partial charge is 0.252 e. The van der Waals surface area contributed by atoms with E-state index >= 15 is 0 Å². The van der Waals surface area contributed by atoms with Crippen LogP contribution in [0.3, 0.4) is 0 Å². The Bertz CT molecular complexity index is 4470. The summed E-state index contributed by atoms with van der Waals surface area (Å²) in [7, 11) is 0. The van der Waals surface area contributed by atoms with Gasteiger partial charge < -0.3 is 23.8 Å². The molecule has 15 rings (SSSR count). The normalized spacial score (nSPS) is 13.4. The summed E-state index contributed by atoms with van der Waals surface area (Å²) in [5, 5.41) is 5.06. The molecule has 0 unspecified atom stereocenters. The molecule has 432 valence electrons. The van der Waals surface area contributed by atoms with E-state index in [0.717, 1.165) is 62.6 Å². The van der Waals surface area contributed by atoms with Crippen molar-refractivity contribution in [3.8, 4) is 11.4 Å². The number of aromatic nitrogens is 2. The molecule has 0 spiro atoms. The van der Waals surface area contributed by atoms with Crippen LogP contribution in [0.5, 0.6) is 0 Å². The van der Waals surface area contributed by atoms with Gasteiger partial charge in [0.15, 0.2) is 0 Å². The Morgan fingerprint density at radius 2 is 0.545 bits per heavy atom. The minimum absolute atomic E-state index is 0.0313. The highest BCUT2D eigenvalue weighted by atomic mass is 15.2. The SMILES string of the molecule is CC(C)(C)c1ccc2c(c1)c1cc(C(C)(C)C)ccc1n2-c1ccccc1N1c2ccccc2B2c3ccccc3N(c3ccccc3-n3c4ccc(C(C)(C)C)cc4c4cc(C(C)(C)C)ccc43)c3cc(N(c4ccccc4)c4ccccc4)cc1c32. The number of hydrogen-bond acceptors (Lipinski definition) is 3. The number of fused-ring (bicyclic) bond motifs is 10. The fourth-order valence-corrected chi connectivity index (χ4v) is 14.2. The van der Waals surface area contributed by atoms with Gasteiger partial charge in [-0.1, -0.05) is 204 Å². The average Bonchev–Trinajstić information content (AvgIpc) is 0.824. The lowest BCUT2D eigenvalue weighted by atomic mass is 9.33. The summed E-state index contributed by atoms with van der Waals surface area (Å²) in [6.07, 6.45) is 0. The molecule has 2 aliphatic heterocycles. The fourth-order valence-electron chi connectivity index (χ4n) is 14.2.